The Morgan fingerprint density at radius 1 is 1.15 bits per heavy atom. The average Bonchev–Trinajstić information content (AvgIpc) is 3.37. The van der Waals surface area contributed by atoms with E-state index in [1.807, 2.05) is 6.07 Å². The highest BCUT2D eigenvalue weighted by Gasteiger charge is 2.34. The first-order chi connectivity index (χ1) is 16.5. The third kappa shape index (κ3) is 4.48. The van der Waals surface area contributed by atoms with Crippen LogP contribution in [0.4, 0.5) is 14.5 Å². The van der Waals surface area contributed by atoms with Crippen molar-refractivity contribution in [1.29, 1.82) is 0 Å². The fourth-order valence-electron chi connectivity index (χ4n) is 4.63. The molecule has 7 nitrogen and oxygen atoms in total. The lowest BCUT2D eigenvalue weighted by Crippen LogP contribution is -2.54. The van der Waals surface area contributed by atoms with Crippen molar-refractivity contribution in [2.24, 2.45) is 0 Å². The van der Waals surface area contributed by atoms with E-state index < -0.39 is 23.8 Å². The predicted molar refractivity (Wildman–Crippen MR) is 122 cm³/mol. The van der Waals surface area contributed by atoms with Gasteiger partial charge in [-0.2, -0.15) is 5.10 Å². The summed E-state index contributed by atoms with van der Waals surface area (Å²) in [5, 5.41) is 17.1. The topological polar surface area (TPSA) is 79.6 Å². The van der Waals surface area contributed by atoms with Crippen LogP contribution in [0.25, 0.3) is 5.69 Å². The average molecular weight is 469 g/mol. The molecule has 1 aliphatic carbocycles. The summed E-state index contributed by atoms with van der Waals surface area (Å²) in [6.07, 6.45) is 4.92. The van der Waals surface area contributed by atoms with Crippen LogP contribution in [0.15, 0.2) is 54.9 Å². The van der Waals surface area contributed by atoms with E-state index in [-0.39, 0.29) is 36.3 Å². The minimum absolute atomic E-state index is 0.0761. The van der Waals surface area contributed by atoms with Crippen LogP contribution in [0, 0.1) is 11.6 Å². The number of amides is 1. The van der Waals surface area contributed by atoms with E-state index in [0.29, 0.717) is 24.3 Å². The SMILES string of the molecule is O=C(N[C@H]1CCCC[C@@H]1O)C1CN(Cc2c(F)cc(-n3cccn3)cc2F)c2ccccc2O1. The summed E-state index contributed by atoms with van der Waals surface area (Å²) in [6, 6.07) is 10.9. The van der Waals surface area contributed by atoms with Crippen LogP contribution in [-0.2, 0) is 11.3 Å². The standard InChI is InChI=1S/C25H26F2N4O3/c26-18-12-16(31-11-5-10-28-31)13-19(27)17(18)14-30-15-24(34-23-9-4-2-7-21(23)30)25(33)29-20-6-1-3-8-22(20)32/h2,4-5,7,9-13,20,22,24,32H,1,3,6,8,14-15H2,(H,29,33)/t20-,22-,24?/m0/s1. The fourth-order valence-corrected chi connectivity index (χ4v) is 4.63. The Labute approximate surface area is 196 Å². The lowest BCUT2D eigenvalue weighted by atomic mass is 9.92. The van der Waals surface area contributed by atoms with E-state index in [9.17, 15) is 18.7 Å². The summed E-state index contributed by atoms with van der Waals surface area (Å²) in [7, 11) is 0. The van der Waals surface area contributed by atoms with Crippen LogP contribution in [-0.4, -0.2) is 45.6 Å². The molecule has 1 unspecified atom stereocenters. The van der Waals surface area contributed by atoms with Gasteiger partial charge in [0.1, 0.15) is 17.4 Å². The number of nitrogens with one attached hydrogen (secondary N) is 1. The second-order valence-corrected chi connectivity index (χ2v) is 8.76. The molecule has 2 heterocycles. The number of aliphatic hydroxyl groups excluding tert-OH is 1. The second kappa shape index (κ2) is 9.42. The zero-order chi connectivity index (χ0) is 23.7. The van der Waals surface area contributed by atoms with Crippen LogP contribution in [0.2, 0.25) is 0 Å². The molecular formula is C25H26F2N4O3. The lowest BCUT2D eigenvalue weighted by Gasteiger charge is -2.37. The number of fused-ring (bicyclic) bond motifs is 1. The van der Waals surface area contributed by atoms with E-state index in [2.05, 4.69) is 10.4 Å². The Balaban J connectivity index is 1.38. The molecule has 3 aromatic rings. The van der Waals surface area contributed by atoms with Gasteiger partial charge in [0.05, 0.1) is 30.1 Å². The van der Waals surface area contributed by atoms with Gasteiger partial charge >= 0.3 is 0 Å². The van der Waals surface area contributed by atoms with Gasteiger partial charge in [0.25, 0.3) is 5.91 Å². The Morgan fingerprint density at radius 2 is 1.91 bits per heavy atom. The van der Waals surface area contributed by atoms with Crippen LogP contribution >= 0.6 is 0 Å². The Hall–Kier alpha value is -3.46. The lowest BCUT2D eigenvalue weighted by molar-refractivity contribution is -0.129. The number of hydrogen-bond acceptors (Lipinski definition) is 5. The Bertz CT molecular complexity index is 1150. The summed E-state index contributed by atoms with van der Waals surface area (Å²) in [5.74, 6) is -1.27. The molecule has 9 heteroatoms. The Morgan fingerprint density at radius 3 is 2.65 bits per heavy atom. The normalized spacial score (nSPS) is 22.1. The highest BCUT2D eigenvalue weighted by atomic mass is 19.1. The fraction of sp³-hybridized carbons (Fsp3) is 0.360. The number of aliphatic hydroxyl groups is 1. The van der Waals surface area contributed by atoms with E-state index in [1.54, 1.807) is 35.4 Å². The highest BCUT2D eigenvalue weighted by molar-refractivity contribution is 5.83. The number of nitrogens with zero attached hydrogens (tertiary/aromatic N) is 3. The molecule has 0 bridgehead atoms. The van der Waals surface area contributed by atoms with Gasteiger partial charge in [-0.15, -0.1) is 0 Å². The molecule has 1 amide bonds. The third-order valence-electron chi connectivity index (χ3n) is 6.45. The molecule has 1 fully saturated rings. The largest absolute Gasteiger partial charge is 0.477 e. The van der Waals surface area contributed by atoms with Gasteiger partial charge in [-0.1, -0.05) is 25.0 Å². The zero-order valence-electron chi connectivity index (χ0n) is 18.5. The van der Waals surface area contributed by atoms with Crippen molar-refractivity contribution in [1.82, 2.24) is 15.1 Å². The van der Waals surface area contributed by atoms with E-state index in [1.165, 1.54) is 23.0 Å². The van der Waals surface area contributed by atoms with Crippen molar-refractivity contribution >= 4 is 11.6 Å². The van der Waals surface area contributed by atoms with Gasteiger partial charge in [0.2, 0.25) is 0 Å². The summed E-state index contributed by atoms with van der Waals surface area (Å²) in [4.78, 5) is 14.7. The molecular weight excluding hydrogens is 442 g/mol. The zero-order valence-corrected chi connectivity index (χ0v) is 18.5. The van der Waals surface area contributed by atoms with Crippen molar-refractivity contribution in [2.45, 2.75) is 50.5 Å². The Kier molecular flexibility index (Phi) is 6.19. The molecule has 2 N–H and O–H groups in total. The number of halogens is 2. The first-order valence-electron chi connectivity index (χ1n) is 11.5. The van der Waals surface area contributed by atoms with Gasteiger partial charge in [-0.3, -0.25) is 4.79 Å². The molecule has 2 aromatic carbocycles. The molecule has 1 aromatic heterocycles. The predicted octanol–water partition coefficient (Wildman–Crippen LogP) is 3.34. The first-order valence-corrected chi connectivity index (χ1v) is 11.5. The number of carbonyl (C=O) groups excluding carboxylic acids is 1. The van der Waals surface area contributed by atoms with Gasteiger partial charge < -0.3 is 20.1 Å². The number of para-hydroxylation sites is 2. The maximum atomic E-state index is 15.0. The highest BCUT2D eigenvalue weighted by Crippen LogP contribution is 2.35. The third-order valence-corrected chi connectivity index (χ3v) is 6.45. The van der Waals surface area contributed by atoms with Crippen LogP contribution in [0.1, 0.15) is 31.2 Å². The van der Waals surface area contributed by atoms with Crippen molar-refractivity contribution in [2.75, 3.05) is 11.4 Å². The molecule has 2 aliphatic rings. The minimum atomic E-state index is -0.876. The second-order valence-electron chi connectivity index (χ2n) is 8.76. The molecule has 5 rings (SSSR count). The summed E-state index contributed by atoms with van der Waals surface area (Å²) in [6.45, 7) is 0.0404. The van der Waals surface area contributed by atoms with Crippen molar-refractivity contribution in [3.8, 4) is 11.4 Å². The van der Waals surface area contributed by atoms with E-state index >= 15 is 0 Å². The number of anilines is 1. The number of carbonyl (C=O) groups is 1. The summed E-state index contributed by atoms with van der Waals surface area (Å²) >= 11 is 0. The summed E-state index contributed by atoms with van der Waals surface area (Å²) in [5.41, 5.74) is 0.836. The van der Waals surface area contributed by atoms with Crippen LogP contribution in [0.5, 0.6) is 5.75 Å². The van der Waals surface area contributed by atoms with E-state index in [4.69, 9.17) is 4.74 Å². The molecule has 0 radical (unpaired) electrons. The molecule has 1 aliphatic heterocycles. The summed E-state index contributed by atoms with van der Waals surface area (Å²) < 4.78 is 37.3. The quantitative estimate of drug-likeness (QED) is 0.601. The van der Waals surface area contributed by atoms with Gasteiger partial charge in [0.15, 0.2) is 6.10 Å². The van der Waals surface area contributed by atoms with Gasteiger partial charge in [-0.25, -0.2) is 13.5 Å². The van der Waals surface area contributed by atoms with Crippen LogP contribution < -0.4 is 15.0 Å². The smallest absolute Gasteiger partial charge is 0.263 e. The number of benzene rings is 2. The monoisotopic (exact) mass is 468 g/mol. The number of aromatic nitrogens is 2. The molecule has 34 heavy (non-hydrogen) atoms. The molecule has 0 saturated heterocycles. The van der Waals surface area contributed by atoms with E-state index in [0.717, 1.165) is 12.8 Å². The molecule has 0 spiro atoms. The first kappa shape index (κ1) is 22.3. The van der Waals surface area contributed by atoms with Crippen molar-refractivity contribution in [3.05, 3.63) is 72.1 Å². The van der Waals surface area contributed by atoms with Crippen LogP contribution in [0.3, 0.4) is 0 Å². The van der Waals surface area contributed by atoms with Gasteiger partial charge in [-0.05, 0) is 31.0 Å². The maximum absolute atomic E-state index is 15.0. The molecule has 3 atom stereocenters. The van der Waals surface area contributed by atoms with Crippen molar-refractivity contribution < 1.29 is 23.4 Å². The maximum Gasteiger partial charge on any atom is 0.263 e. The number of rotatable bonds is 5. The van der Waals surface area contributed by atoms with Crippen molar-refractivity contribution in [3.63, 3.8) is 0 Å². The van der Waals surface area contributed by atoms with Gasteiger partial charge in [0, 0.05) is 36.6 Å². The number of hydrogen-bond donors (Lipinski definition) is 2. The minimum Gasteiger partial charge on any atom is -0.477 e. The number of ether oxygens (including phenoxy) is 1. The molecule has 1 saturated carbocycles. The molecule has 178 valence electrons.